The minimum absolute atomic E-state index is 0.547. The smallest absolute Gasteiger partial charge is 0.122 e. The Bertz CT molecular complexity index is 355. The second-order valence-corrected chi connectivity index (χ2v) is 5.00. The van der Waals surface area contributed by atoms with Crippen molar-refractivity contribution in [2.24, 2.45) is 0 Å². The van der Waals surface area contributed by atoms with E-state index >= 15 is 0 Å². The van der Waals surface area contributed by atoms with Gasteiger partial charge in [-0.3, -0.25) is 0 Å². The molecule has 0 spiro atoms. The SMILES string of the molecule is CCOCCCNCCOc1ccccc1C(C)CC. The Labute approximate surface area is 123 Å². The second kappa shape index (κ2) is 10.7. The first-order valence-electron chi connectivity index (χ1n) is 7.79. The molecule has 3 nitrogen and oxygen atoms in total. The molecular weight excluding hydrogens is 250 g/mol. The second-order valence-electron chi connectivity index (χ2n) is 5.00. The summed E-state index contributed by atoms with van der Waals surface area (Å²) in [4.78, 5) is 0. The summed E-state index contributed by atoms with van der Waals surface area (Å²) in [5.41, 5.74) is 1.31. The predicted molar refractivity (Wildman–Crippen MR) is 84.6 cm³/mol. The Morgan fingerprint density at radius 2 is 1.90 bits per heavy atom. The lowest BCUT2D eigenvalue weighted by molar-refractivity contribution is 0.144. The molecule has 1 rings (SSSR count). The standard InChI is InChI=1S/C17H29NO2/c1-4-15(3)16-9-6-7-10-17(16)20-14-12-18-11-8-13-19-5-2/h6-7,9-10,15,18H,4-5,8,11-14H2,1-3H3. The summed E-state index contributed by atoms with van der Waals surface area (Å²) in [7, 11) is 0. The van der Waals surface area contributed by atoms with Crippen LogP contribution in [0.1, 0.15) is 45.1 Å². The molecule has 0 fully saturated rings. The topological polar surface area (TPSA) is 30.5 Å². The van der Waals surface area contributed by atoms with Crippen molar-refractivity contribution in [1.82, 2.24) is 5.32 Å². The van der Waals surface area contributed by atoms with E-state index in [1.807, 2.05) is 13.0 Å². The lowest BCUT2D eigenvalue weighted by Gasteiger charge is -2.15. The molecule has 0 aliphatic rings. The number of nitrogens with one attached hydrogen (secondary N) is 1. The van der Waals surface area contributed by atoms with E-state index in [9.17, 15) is 0 Å². The van der Waals surface area contributed by atoms with Crippen LogP contribution in [0.4, 0.5) is 0 Å². The van der Waals surface area contributed by atoms with Crippen molar-refractivity contribution < 1.29 is 9.47 Å². The van der Waals surface area contributed by atoms with Crippen molar-refractivity contribution in [2.45, 2.75) is 39.5 Å². The first-order valence-corrected chi connectivity index (χ1v) is 7.79. The highest BCUT2D eigenvalue weighted by molar-refractivity contribution is 5.35. The lowest BCUT2D eigenvalue weighted by Crippen LogP contribution is -2.23. The quantitative estimate of drug-likeness (QED) is 0.628. The summed E-state index contributed by atoms with van der Waals surface area (Å²) in [6.45, 7) is 10.7. The van der Waals surface area contributed by atoms with E-state index in [-0.39, 0.29) is 0 Å². The van der Waals surface area contributed by atoms with Crippen molar-refractivity contribution in [3.63, 3.8) is 0 Å². The van der Waals surface area contributed by atoms with Gasteiger partial charge in [-0.15, -0.1) is 0 Å². The van der Waals surface area contributed by atoms with Crippen LogP contribution in [0.15, 0.2) is 24.3 Å². The molecule has 0 heterocycles. The molecule has 1 unspecified atom stereocenters. The summed E-state index contributed by atoms with van der Waals surface area (Å²) < 4.78 is 11.2. The molecule has 0 aromatic heterocycles. The number of rotatable bonds is 11. The van der Waals surface area contributed by atoms with Gasteiger partial charge in [0.25, 0.3) is 0 Å². The fourth-order valence-electron chi connectivity index (χ4n) is 2.04. The number of ether oxygens (including phenoxy) is 2. The monoisotopic (exact) mass is 279 g/mol. The largest absolute Gasteiger partial charge is 0.492 e. The van der Waals surface area contributed by atoms with Crippen LogP contribution >= 0.6 is 0 Å². The lowest BCUT2D eigenvalue weighted by atomic mass is 9.98. The van der Waals surface area contributed by atoms with Crippen molar-refractivity contribution >= 4 is 0 Å². The molecule has 0 aliphatic carbocycles. The summed E-state index contributed by atoms with van der Waals surface area (Å²) in [6, 6.07) is 8.35. The minimum Gasteiger partial charge on any atom is -0.492 e. The van der Waals surface area contributed by atoms with E-state index in [4.69, 9.17) is 9.47 Å². The zero-order valence-electron chi connectivity index (χ0n) is 13.2. The van der Waals surface area contributed by atoms with E-state index in [0.29, 0.717) is 12.5 Å². The molecule has 0 saturated heterocycles. The Kier molecular flexibility index (Phi) is 9.09. The van der Waals surface area contributed by atoms with Gasteiger partial charge >= 0.3 is 0 Å². The molecule has 1 aromatic rings. The van der Waals surface area contributed by atoms with E-state index in [1.54, 1.807) is 0 Å². The van der Waals surface area contributed by atoms with E-state index in [0.717, 1.165) is 44.9 Å². The van der Waals surface area contributed by atoms with Crippen molar-refractivity contribution in [2.75, 3.05) is 32.9 Å². The molecule has 0 radical (unpaired) electrons. The number of benzene rings is 1. The van der Waals surface area contributed by atoms with Crippen molar-refractivity contribution in [3.05, 3.63) is 29.8 Å². The van der Waals surface area contributed by atoms with Crippen LogP contribution in [0.3, 0.4) is 0 Å². The van der Waals surface area contributed by atoms with E-state index < -0.39 is 0 Å². The molecular formula is C17H29NO2. The molecule has 20 heavy (non-hydrogen) atoms. The molecule has 0 aliphatic heterocycles. The van der Waals surface area contributed by atoms with Gasteiger partial charge in [-0.25, -0.2) is 0 Å². The average molecular weight is 279 g/mol. The molecule has 0 amide bonds. The van der Waals surface area contributed by atoms with Crippen molar-refractivity contribution in [3.8, 4) is 5.75 Å². The average Bonchev–Trinajstić information content (AvgIpc) is 2.49. The first-order chi connectivity index (χ1) is 9.79. The highest BCUT2D eigenvalue weighted by Crippen LogP contribution is 2.28. The highest BCUT2D eigenvalue weighted by Gasteiger charge is 2.08. The Morgan fingerprint density at radius 3 is 2.65 bits per heavy atom. The highest BCUT2D eigenvalue weighted by atomic mass is 16.5. The molecule has 0 bridgehead atoms. The van der Waals surface area contributed by atoms with Gasteiger partial charge in [0, 0.05) is 19.8 Å². The summed E-state index contributed by atoms with van der Waals surface area (Å²) >= 11 is 0. The Hall–Kier alpha value is -1.06. The zero-order chi connectivity index (χ0) is 14.6. The summed E-state index contributed by atoms with van der Waals surface area (Å²) in [5, 5.41) is 3.37. The molecule has 1 aromatic carbocycles. The van der Waals surface area contributed by atoms with Gasteiger partial charge in [-0.05, 0) is 43.9 Å². The van der Waals surface area contributed by atoms with Gasteiger partial charge in [-0.2, -0.15) is 0 Å². The molecule has 0 saturated carbocycles. The number of para-hydroxylation sites is 1. The van der Waals surface area contributed by atoms with Crippen LogP contribution in [-0.2, 0) is 4.74 Å². The Balaban J connectivity index is 2.22. The third-order valence-corrected chi connectivity index (χ3v) is 3.45. The Morgan fingerprint density at radius 1 is 1.10 bits per heavy atom. The molecule has 1 atom stereocenters. The minimum atomic E-state index is 0.547. The molecule has 1 N–H and O–H groups in total. The fraction of sp³-hybridized carbons (Fsp3) is 0.647. The van der Waals surface area contributed by atoms with Crippen LogP contribution < -0.4 is 10.1 Å². The third-order valence-electron chi connectivity index (χ3n) is 3.45. The maximum Gasteiger partial charge on any atom is 0.122 e. The number of hydrogen-bond donors (Lipinski definition) is 1. The van der Waals surface area contributed by atoms with Gasteiger partial charge in [-0.1, -0.05) is 32.0 Å². The predicted octanol–water partition coefficient (Wildman–Crippen LogP) is 3.60. The summed E-state index contributed by atoms with van der Waals surface area (Å²) in [6.07, 6.45) is 2.19. The normalized spacial score (nSPS) is 12.3. The molecule has 3 heteroatoms. The first kappa shape index (κ1) is 17.0. The van der Waals surface area contributed by atoms with Gasteiger partial charge in [0.1, 0.15) is 12.4 Å². The fourth-order valence-corrected chi connectivity index (χ4v) is 2.04. The zero-order valence-corrected chi connectivity index (χ0v) is 13.2. The van der Waals surface area contributed by atoms with Gasteiger partial charge in [0.2, 0.25) is 0 Å². The summed E-state index contributed by atoms with van der Waals surface area (Å²) in [5.74, 6) is 1.57. The van der Waals surface area contributed by atoms with E-state index in [1.165, 1.54) is 5.56 Å². The third kappa shape index (κ3) is 6.40. The van der Waals surface area contributed by atoms with Crippen LogP contribution in [0.5, 0.6) is 5.75 Å². The molecule has 114 valence electrons. The number of hydrogen-bond acceptors (Lipinski definition) is 3. The van der Waals surface area contributed by atoms with Crippen LogP contribution in [-0.4, -0.2) is 32.9 Å². The van der Waals surface area contributed by atoms with Crippen LogP contribution in [0, 0.1) is 0 Å². The van der Waals surface area contributed by atoms with Gasteiger partial charge in [0.15, 0.2) is 0 Å². The van der Waals surface area contributed by atoms with Crippen molar-refractivity contribution in [1.29, 1.82) is 0 Å². The van der Waals surface area contributed by atoms with Gasteiger partial charge < -0.3 is 14.8 Å². The van der Waals surface area contributed by atoms with Gasteiger partial charge in [0.05, 0.1) is 0 Å². The van der Waals surface area contributed by atoms with E-state index in [2.05, 4.69) is 37.4 Å². The maximum absolute atomic E-state index is 5.89. The van der Waals surface area contributed by atoms with Crippen LogP contribution in [0.25, 0.3) is 0 Å². The maximum atomic E-state index is 5.89. The van der Waals surface area contributed by atoms with Crippen LogP contribution in [0.2, 0.25) is 0 Å².